The Morgan fingerprint density at radius 2 is 2.03 bits per heavy atom. The number of nitrogens with two attached hydrogens (primary N) is 1. The van der Waals surface area contributed by atoms with Gasteiger partial charge in [-0.05, 0) is 73.2 Å². The standard InChI is InChI=1S/C25H38N2O2/c1-15(2)14-27-20-12-19(26)22(28)18(23(20)29)13-25(6)17(4)10-11-24(5)16(3)8-7-9-21(24)25/h12,15,17,21,28H,3,7-11,13-14,26H2,1-2,4-6H3/t17-,21+,24+,25+/m0/s1. The summed E-state index contributed by atoms with van der Waals surface area (Å²) in [5.74, 6) is 1.07. The van der Waals surface area contributed by atoms with Crippen molar-refractivity contribution in [1.82, 2.24) is 0 Å². The van der Waals surface area contributed by atoms with Gasteiger partial charge in [-0.25, -0.2) is 0 Å². The molecule has 0 aromatic rings. The van der Waals surface area contributed by atoms with E-state index in [0.29, 0.717) is 42.0 Å². The molecule has 0 aliphatic heterocycles. The summed E-state index contributed by atoms with van der Waals surface area (Å²) < 4.78 is 0. The van der Waals surface area contributed by atoms with Crippen LogP contribution in [0.5, 0.6) is 0 Å². The van der Waals surface area contributed by atoms with Crippen LogP contribution in [0.15, 0.2) is 40.2 Å². The Hall–Kier alpha value is -1.84. The molecule has 0 saturated heterocycles. The number of hydrogen-bond acceptors (Lipinski definition) is 4. The van der Waals surface area contributed by atoms with Crippen LogP contribution in [-0.4, -0.2) is 23.1 Å². The molecular weight excluding hydrogens is 360 g/mol. The fraction of sp³-hybridized carbons (Fsp3) is 0.680. The van der Waals surface area contributed by atoms with E-state index in [1.54, 1.807) is 0 Å². The molecule has 3 rings (SSSR count). The summed E-state index contributed by atoms with van der Waals surface area (Å²) in [4.78, 5) is 17.7. The van der Waals surface area contributed by atoms with Crippen LogP contribution in [-0.2, 0) is 4.79 Å². The van der Waals surface area contributed by atoms with Crippen molar-refractivity contribution < 1.29 is 9.90 Å². The van der Waals surface area contributed by atoms with Crippen LogP contribution >= 0.6 is 0 Å². The number of aliphatic hydroxyl groups excluding tert-OH is 1. The van der Waals surface area contributed by atoms with Gasteiger partial charge in [0.25, 0.3) is 0 Å². The molecule has 0 radical (unpaired) electrons. The average molecular weight is 399 g/mol. The molecule has 3 aliphatic carbocycles. The summed E-state index contributed by atoms with van der Waals surface area (Å²) in [5.41, 5.74) is 8.57. The molecule has 4 atom stereocenters. The van der Waals surface area contributed by atoms with E-state index in [-0.39, 0.29) is 28.1 Å². The first-order valence-corrected chi connectivity index (χ1v) is 11.2. The Morgan fingerprint density at radius 3 is 2.69 bits per heavy atom. The number of fused-ring (bicyclic) bond motifs is 1. The molecule has 0 amide bonds. The SMILES string of the molecule is C=C1CCC[C@H]2[C@](C)(CC3=C(O)C(N)=CC(=NCC(C)C)C3=O)[C@@H](C)CC[C@]12C. The van der Waals surface area contributed by atoms with Crippen molar-refractivity contribution in [2.75, 3.05) is 6.54 Å². The Balaban J connectivity index is 1.98. The molecule has 0 bridgehead atoms. The van der Waals surface area contributed by atoms with E-state index in [4.69, 9.17) is 5.73 Å². The number of allylic oxidation sites excluding steroid dienone is 3. The van der Waals surface area contributed by atoms with Gasteiger partial charge in [0.2, 0.25) is 5.78 Å². The van der Waals surface area contributed by atoms with Gasteiger partial charge in [-0.1, -0.05) is 46.8 Å². The minimum Gasteiger partial charge on any atom is -0.505 e. The number of carbonyl (C=O) groups excluding carboxylic acids is 1. The van der Waals surface area contributed by atoms with Crippen LogP contribution < -0.4 is 5.73 Å². The summed E-state index contributed by atoms with van der Waals surface area (Å²) >= 11 is 0. The van der Waals surface area contributed by atoms with Crippen LogP contribution in [0.4, 0.5) is 0 Å². The lowest BCUT2D eigenvalue weighted by atomic mass is 9.46. The number of hydrogen-bond donors (Lipinski definition) is 2. The molecule has 3 aliphatic rings. The maximum atomic E-state index is 13.3. The second-order valence-corrected chi connectivity index (χ2v) is 10.5. The zero-order chi connectivity index (χ0) is 21.6. The minimum absolute atomic E-state index is 0.0474. The number of aliphatic imine (C=N–C) groups is 1. The normalized spacial score (nSPS) is 37.2. The molecule has 0 unspecified atom stereocenters. The lowest BCUT2D eigenvalue weighted by Gasteiger charge is -2.59. The molecule has 0 aromatic heterocycles. The Bertz CT molecular complexity index is 804. The van der Waals surface area contributed by atoms with Crippen molar-refractivity contribution in [1.29, 1.82) is 0 Å². The van der Waals surface area contributed by atoms with Gasteiger partial charge in [-0.15, -0.1) is 0 Å². The maximum absolute atomic E-state index is 13.3. The third kappa shape index (κ3) is 3.71. The van der Waals surface area contributed by atoms with E-state index in [2.05, 4.69) is 46.2 Å². The van der Waals surface area contributed by atoms with Crippen molar-refractivity contribution in [2.24, 2.45) is 39.3 Å². The van der Waals surface area contributed by atoms with Crippen LogP contribution in [0, 0.1) is 28.6 Å². The predicted octanol–water partition coefficient (Wildman–Crippen LogP) is 5.51. The summed E-state index contributed by atoms with van der Waals surface area (Å²) in [6.07, 6.45) is 7.76. The van der Waals surface area contributed by atoms with Gasteiger partial charge in [0.15, 0.2) is 0 Å². The number of carbonyl (C=O) groups is 1. The maximum Gasteiger partial charge on any atom is 0.210 e. The summed E-state index contributed by atoms with van der Waals surface area (Å²) in [5, 5.41) is 10.7. The Labute approximate surface area is 176 Å². The van der Waals surface area contributed by atoms with Crippen molar-refractivity contribution in [2.45, 2.75) is 73.1 Å². The first-order chi connectivity index (χ1) is 13.5. The van der Waals surface area contributed by atoms with Crippen LogP contribution in [0.3, 0.4) is 0 Å². The molecule has 4 nitrogen and oxygen atoms in total. The molecule has 2 saturated carbocycles. The number of rotatable bonds is 4. The first-order valence-electron chi connectivity index (χ1n) is 11.2. The molecule has 0 heterocycles. The van der Waals surface area contributed by atoms with E-state index in [0.717, 1.165) is 32.1 Å². The van der Waals surface area contributed by atoms with Gasteiger partial charge in [-0.3, -0.25) is 9.79 Å². The van der Waals surface area contributed by atoms with Gasteiger partial charge >= 0.3 is 0 Å². The molecule has 2 fully saturated rings. The average Bonchev–Trinajstić information content (AvgIpc) is 2.66. The van der Waals surface area contributed by atoms with E-state index >= 15 is 0 Å². The monoisotopic (exact) mass is 398 g/mol. The van der Waals surface area contributed by atoms with Crippen molar-refractivity contribution in [3.8, 4) is 0 Å². The molecule has 29 heavy (non-hydrogen) atoms. The molecule has 160 valence electrons. The molecule has 0 aromatic carbocycles. The summed E-state index contributed by atoms with van der Waals surface area (Å²) in [6.45, 7) is 16.1. The third-order valence-corrected chi connectivity index (χ3v) is 8.11. The second kappa shape index (κ2) is 7.77. The summed E-state index contributed by atoms with van der Waals surface area (Å²) in [7, 11) is 0. The lowest BCUT2D eigenvalue weighted by molar-refractivity contribution is -0.111. The zero-order valence-corrected chi connectivity index (χ0v) is 18.8. The van der Waals surface area contributed by atoms with Crippen LogP contribution in [0.1, 0.15) is 73.1 Å². The summed E-state index contributed by atoms with van der Waals surface area (Å²) in [6, 6.07) is 0. The van der Waals surface area contributed by atoms with Crippen LogP contribution in [0.25, 0.3) is 0 Å². The fourth-order valence-electron chi connectivity index (χ4n) is 5.93. The highest BCUT2D eigenvalue weighted by atomic mass is 16.3. The molecule has 0 spiro atoms. The fourth-order valence-corrected chi connectivity index (χ4v) is 5.93. The molecule has 4 heteroatoms. The van der Waals surface area contributed by atoms with E-state index in [1.807, 2.05) is 0 Å². The van der Waals surface area contributed by atoms with Gasteiger partial charge in [0, 0.05) is 12.1 Å². The van der Waals surface area contributed by atoms with Crippen LogP contribution in [0.2, 0.25) is 0 Å². The zero-order valence-electron chi connectivity index (χ0n) is 18.8. The smallest absolute Gasteiger partial charge is 0.210 e. The second-order valence-electron chi connectivity index (χ2n) is 10.5. The highest BCUT2D eigenvalue weighted by Gasteiger charge is 2.54. The predicted molar refractivity (Wildman–Crippen MR) is 120 cm³/mol. The highest BCUT2D eigenvalue weighted by molar-refractivity contribution is 6.50. The lowest BCUT2D eigenvalue weighted by Crippen LogP contribution is -2.51. The van der Waals surface area contributed by atoms with Crippen molar-refractivity contribution >= 4 is 11.5 Å². The van der Waals surface area contributed by atoms with Gasteiger partial charge < -0.3 is 10.8 Å². The number of ketones is 1. The highest BCUT2D eigenvalue weighted by Crippen LogP contribution is 2.63. The number of Topliss-reactive ketones (excluding diaryl/α,β-unsaturated/α-hetero) is 1. The minimum atomic E-state index is -0.160. The van der Waals surface area contributed by atoms with E-state index in [9.17, 15) is 9.90 Å². The van der Waals surface area contributed by atoms with E-state index in [1.165, 1.54) is 11.6 Å². The van der Waals surface area contributed by atoms with Crippen molar-refractivity contribution in [3.05, 3.63) is 35.3 Å². The quantitative estimate of drug-likeness (QED) is 0.484. The van der Waals surface area contributed by atoms with Crippen molar-refractivity contribution in [3.63, 3.8) is 0 Å². The molecular formula is C25H38N2O2. The third-order valence-electron chi connectivity index (χ3n) is 8.11. The van der Waals surface area contributed by atoms with Gasteiger partial charge in [0.1, 0.15) is 11.5 Å². The Kier molecular flexibility index (Phi) is 5.86. The molecule has 3 N–H and O–H groups in total. The largest absolute Gasteiger partial charge is 0.505 e. The Morgan fingerprint density at radius 1 is 1.34 bits per heavy atom. The van der Waals surface area contributed by atoms with Gasteiger partial charge in [0.05, 0.1) is 5.70 Å². The number of aliphatic hydroxyl groups is 1. The van der Waals surface area contributed by atoms with E-state index < -0.39 is 0 Å². The first kappa shape index (κ1) is 21.9. The topological polar surface area (TPSA) is 75.7 Å². The van der Waals surface area contributed by atoms with Gasteiger partial charge in [-0.2, -0.15) is 0 Å². The number of nitrogens with zero attached hydrogens (tertiary/aromatic N) is 1.